The second-order valence-corrected chi connectivity index (χ2v) is 6.19. The van der Waals surface area contributed by atoms with Gasteiger partial charge in [-0.1, -0.05) is 46.4 Å². The number of carbonyl (C=O) groups is 2. The predicted molar refractivity (Wildman–Crippen MR) is 62.6 cm³/mol. The smallest absolute Gasteiger partial charge is 0.340 e. The number of hydrogen-bond acceptors (Lipinski definition) is 2. The number of unbranched alkanes of at least 4 members (excludes halogenated alkanes) is 1. The zero-order valence-corrected chi connectivity index (χ0v) is 11.1. The van der Waals surface area contributed by atoms with Crippen LogP contribution in [0.5, 0.6) is 0 Å². The van der Waals surface area contributed by atoms with E-state index in [1.807, 2.05) is 0 Å². The Morgan fingerprint density at radius 3 is 1.25 bits per heavy atom. The first-order chi connectivity index (χ1) is 7.09. The van der Waals surface area contributed by atoms with Crippen LogP contribution in [0.4, 0.5) is 0 Å². The van der Waals surface area contributed by atoms with Crippen LogP contribution >= 0.6 is 46.4 Å². The van der Waals surface area contributed by atoms with Crippen LogP contribution in [0, 0.1) is 0 Å². The molecule has 8 heteroatoms. The lowest BCUT2D eigenvalue weighted by molar-refractivity contribution is -0.139. The minimum atomic E-state index is -1.86. The Hall–Kier alpha value is 0.1000. The first kappa shape index (κ1) is 16.1. The molecule has 16 heavy (non-hydrogen) atoms. The van der Waals surface area contributed by atoms with Gasteiger partial charge in [-0.25, -0.2) is 9.59 Å². The molecule has 0 aliphatic carbocycles. The molecule has 0 rings (SSSR count). The van der Waals surface area contributed by atoms with Gasteiger partial charge in [-0.05, 0) is 25.7 Å². The van der Waals surface area contributed by atoms with Crippen molar-refractivity contribution < 1.29 is 19.8 Å². The summed E-state index contributed by atoms with van der Waals surface area (Å²) in [5, 5.41) is 17.2. The third kappa shape index (κ3) is 5.43. The SMILES string of the molecule is O=C(O)C(Cl)(Cl)CCCCC(Cl)(Cl)C(=O)O. The van der Waals surface area contributed by atoms with Crippen LogP contribution in [-0.4, -0.2) is 30.8 Å². The summed E-state index contributed by atoms with van der Waals surface area (Å²) in [4.78, 5) is 21.0. The molecule has 94 valence electrons. The van der Waals surface area contributed by atoms with Crippen molar-refractivity contribution in [2.45, 2.75) is 34.3 Å². The lowest BCUT2D eigenvalue weighted by Crippen LogP contribution is -2.27. The normalized spacial score (nSPS) is 12.5. The highest BCUT2D eigenvalue weighted by Crippen LogP contribution is 2.31. The van der Waals surface area contributed by atoms with Crippen molar-refractivity contribution in [3.05, 3.63) is 0 Å². The molecule has 4 nitrogen and oxygen atoms in total. The molecule has 0 aromatic rings. The lowest BCUT2D eigenvalue weighted by atomic mass is 10.1. The van der Waals surface area contributed by atoms with Crippen LogP contribution in [0.2, 0.25) is 0 Å². The van der Waals surface area contributed by atoms with Crippen molar-refractivity contribution in [2.24, 2.45) is 0 Å². The molecular formula is C8H10Cl4O4. The highest BCUT2D eigenvalue weighted by molar-refractivity contribution is 6.57. The Balaban J connectivity index is 3.94. The van der Waals surface area contributed by atoms with E-state index in [0.717, 1.165) is 0 Å². The molecule has 0 atom stereocenters. The highest BCUT2D eigenvalue weighted by Gasteiger charge is 2.35. The van der Waals surface area contributed by atoms with Gasteiger partial charge in [0.1, 0.15) is 0 Å². The van der Waals surface area contributed by atoms with Crippen LogP contribution < -0.4 is 0 Å². The molecule has 2 N–H and O–H groups in total. The van der Waals surface area contributed by atoms with Gasteiger partial charge in [0.25, 0.3) is 0 Å². The maximum absolute atomic E-state index is 10.5. The monoisotopic (exact) mass is 310 g/mol. The summed E-state index contributed by atoms with van der Waals surface area (Å²) < 4.78 is -3.71. The summed E-state index contributed by atoms with van der Waals surface area (Å²) in [6.07, 6.45) is 0.616. The van der Waals surface area contributed by atoms with Gasteiger partial charge in [-0.15, -0.1) is 0 Å². The number of carboxylic acids is 2. The standard InChI is InChI=1S/C8H10Cl4O4/c9-7(10,5(13)14)3-1-2-4-8(11,12)6(15)16/h1-4H2,(H,13,14)(H,15,16). The van der Waals surface area contributed by atoms with Crippen molar-refractivity contribution in [1.29, 1.82) is 0 Å². The lowest BCUT2D eigenvalue weighted by Gasteiger charge is -2.16. The maximum Gasteiger partial charge on any atom is 0.340 e. The molecule has 0 amide bonds. The van der Waals surface area contributed by atoms with Gasteiger partial charge in [0.15, 0.2) is 0 Å². The van der Waals surface area contributed by atoms with Crippen LogP contribution in [-0.2, 0) is 9.59 Å². The van der Waals surface area contributed by atoms with E-state index in [1.165, 1.54) is 0 Å². The van der Waals surface area contributed by atoms with Gasteiger partial charge < -0.3 is 10.2 Å². The third-order valence-corrected chi connectivity index (χ3v) is 3.26. The first-order valence-corrected chi connectivity index (χ1v) is 5.83. The van der Waals surface area contributed by atoms with Crippen molar-refractivity contribution in [3.8, 4) is 0 Å². The molecule has 0 bridgehead atoms. The van der Waals surface area contributed by atoms with Crippen molar-refractivity contribution in [1.82, 2.24) is 0 Å². The summed E-state index contributed by atoms with van der Waals surface area (Å²) >= 11 is 21.9. The molecule has 0 saturated carbocycles. The van der Waals surface area contributed by atoms with E-state index in [-0.39, 0.29) is 12.8 Å². The van der Waals surface area contributed by atoms with Gasteiger partial charge in [0, 0.05) is 0 Å². The van der Waals surface area contributed by atoms with Gasteiger partial charge >= 0.3 is 11.9 Å². The molecule has 0 fully saturated rings. The van der Waals surface area contributed by atoms with Crippen LogP contribution in [0.25, 0.3) is 0 Å². The second-order valence-electron chi connectivity index (χ2n) is 3.23. The topological polar surface area (TPSA) is 74.6 Å². The van der Waals surface area contributed by atoms with Gasteiger partial charge in [-0.2, -0.15) is 0 Å². The number of alkyl halides is 4. The third-order valence-electron chi connectivity index (χ3n) is 1.86. The van der Waals surface area contributed by atoms with E-state index >= 15 is 0 Å². The fourth-order valence-corrected chi connectivity index (χ4v) is 1.44. The second kappa shape index (κ2) is 6.15. The van der Waals surface area contributed by atoms with Crippen molar-refractivity contribution >= 4 is 58.3 Å². The summed E-state index contributed by atoms with van der Waals surface area (Å²) in [5.41, 5.74) is 0. The van der Waals surface area contributed by atoms with Gasteiger partial charge in [0.2, 0.25) is 8.67 Å². The molecule has 0 aliphatic rings. The molecule has 0 radical (unpaired) electrons. The fraction of sp³-hybridized carbons (Fsp3) is 0.750. The van der Waals surface area contributed by atoms with Crippen molar-refractivity contribution in [3.63, 3.8) is 0 Å². The fourth-order valence-electron chi connectivity index (χ4n) is 0.908. The zero-order valence-electron chi connectivity index (χ0n) is 8.05. The minimum Gasteiger partial charge on any atom is -0.479 e. The Kier molecular flexibility index (Phi) is 6.18. The number of hydrogen-bond donors (Lipinski definition) is 2. The van der Waals surface area contributed by atoms with Gasteiger partial charge in [0.05, 0.1) is 0 Å². The Morgan fingerprint density at radius 1 is 0.812 bits per heavy atom. The van der Waals surface area contributed by atoms with Crippen molar-refractivity contribution in [2.75, 3.05) is 0 Å². The Labute approximate surface area is 112 Å². The highest BCUT2D eigenvalue weighted by atomic mass is 35.5. The summed E-state index contributed by atoms with van der Waals surface area (Å²) in [6.45, 7) is 0. The molecule has 0 aromatic carbocycles. The number of carboxylic acid groups (broad SMARTS) is 2. The van der Waals surface area contributed by atoms with Crippen LogP contribution in [0.3, 0.4) is 0 Å². The molecule has 0 aromatic heterocycles. The zero-order chi connectivity index (χ0) is 13.0. The summed E-state index contributed by atoms with van der Waals surface area (Å²) in [6, 6.07) is 0. The summed E-state index contributed by atoms with van der Waals surface area (Å²) in [7, 11) is 0. The maximum atomic E-state index is 10.5. The van der Waals surface area contributed by atoms with Gasteiger partial charge in [-0.3, -0.25) is 0 Å². The minimum absolute atomic E-state index is 0.00504. The van der Waals surface area contributed by atoms with E-state index < -0.39 is 20.6 Å². The largest absolute Gasteiger partial charge is 0.479 e. The molecular weight excluding hydrogens is 302 g/mol. The Morgan fingerprint density at radius 2 is 1.06 bits per heavy atom. The number of aliphatic carboxylic acids is 2. The molecule has 0 saturated heterocycles. The van der Waals surface area contributed by atoms with E-state index in [0.29, 0.717) is 12.8 Å². The molecule has 0 heterocycles. The average Bonchev–Trinajstić information content (AvgIpc) is 2.12. The van der Waals surface area contributed by atoms with Crippen LogP contribution in [0.15, 0.2) is 0 Å². The van der Waals surface area contributed by atoms with Crippen LogP contribution in [0.1, 0.15) is 25.7 Å². The summed E-state index contributed by atoms with van der Waals surface area (Å²) in [5.74, 6) is -2.67. The van der Waals surface area contributed by atoms with E-state index in [4.69, 9.17) is 56.6 Å². The Bertz CT molecular complexity index is 249. The predicted octanol–water partition coefficient (Wildman–Crippen LogP) is 3.06. The van der Waals surface area contributed by atoms with E-state index in [9.17, 15) is 9.59 Å². The first-order valence-electron chi connectivity index (χ1n) is 4.32. The number of halogens is 4. The quantitative estimate of drug-likeness (QED) is 0.560. The molecule has 0 aliphatic heterocycles. The molecule has 0 unspecified atom stereocenters. The van der Waals surface area contributed by atoms with E-state index in [1.54, 1.807) is 0 Å². The average molecular weight is 312 g/mol. The van der Waals surface area contributed by atoms with E-state index in [2.05, 4.69) is 0 Å². The molecule has 0 spiro atoms. The number of rotatable bonds is 7.